The lowest BCUT2D eigenvalue weighted by molar-refractivity contribution is 0.242. The van der Waals surface area contributed by atoms with Crippen molar-refractivity contribution < 1.29 is 8.42 Å². The van der Waals surface area contributed by atoms with Crippen LogP contribution in [0.1, 0.15) is 44.3 Å². The first-order chi connectivity index (χ1) is 8.36. The Hall–Kier alpha value is -0.910. The third kappa shape index (κ3) is 2.06. The SMILES string of the molecule is CC1(C)CCc2nnc(C3CCS(=O)(=O)C3)n2C1. The van der Waals surface area contributed by atoms with Gasteiger partial charge < -0.3 is 4.57 Å². The highest BCUT2D eigenvalue weighted by Gasteiger charge is 2.35. The standard InChI is InChI=1S/C12H19N3O2S/c1-12(2)5-3-10-13-14-11(15(10)8-12)9-4-6-18(16,17)7-9/h9H,3-8H2,1-2H3. The summed E-state index contributed by atoms with van der Waals surface area (Å²) < 4.78 is 25.3. The van der Waals surface area contributed by atoms with Crippen molar-refractivity contribution in [3.63, 3.8) is 0 Å². The van der Waals surface area contributed by atoms with Gasteiger partial charge in [-0.15, -0.1) is 10.2 Å². The topological polar surface area (TPSA) is 64.8 Å². The molecule has 0 aromatic carbocycles. The molecule has 18 heavy (non-hydrogen) atoms. The molecule has 2 aliphatic rings. The van der Waals surface area contributed by atoms with Crippen LogP contribution in [0.4, 0.5) is 0 Å². The molecule has 0 aliphatic carbocycles. The van der Waals surface area contributed by atoms with Gasteiger partial charge in [-0.05, 0) is 18.3 Å². The molecule has 5 nitrogen and oxygen atoms in total. The predicted octanol–water partition coefficient (Wildman–Crippen LogP) is 1.15. The van der Waals surface area contributed by atoms with Gasteiger partial charge >= 0.3 is 0 Å². The van der Waals surface area contributed by atoms with E-state index in [0.717, 1.165) is 31.0 Å². The maximum atomic E-state index is 11.6. The van der Waals surface area contributed by atoms with Crippen LogP contribution in [0.2, 0.25) is 0 Å². The first-order valence-electron chi connectivity index (χ1n) is 6.49. The van der Waals surface area contributed by atoms with Gasteiger partial charge in [0.05, 0.1) is 11.5 Å². The van der Waals surface area contributed by atoms with Crippen molar-refractivity contribution in [3.8, 4) is 0 Å². The van der Waals surface area contributed by atoms with Gasteiger partial charge in [0.1, 0.15) is 11.6 Å². The second-order valence-electron chi connectivity index (χ2n) is 6.32. The molecule has 0 saturated carbocycles. The van der Waals surface area contributed by atoms with Crippen molar-refractivity contribution in [1.29, 1.82) is 0 Å². The molecule has 3 heterocycles. The minimum atomic E-state index is -2.86. The zero-order valence-electron chi connectivity index (χ0n) is 10.9. The molecule has 1 atom stereocenters. The van der Waals surface area contributed by atoms with E-state index in [1.165, 1.54) is 0 Å². The quantitative estimate of drug-likeness (QED) is 0.767. The van der Waals surface area contributed by atoms with Gasteiger partial charge in [0.25, 0.3) is 0 Å². The van der Waals surface area contributed by atoms with Crippen molar-refractivity contribution >= 4 is 9.84 Å². The first-order valence-corrected chi connectivity index (χ1v) is 8.31. The van der Waals surface area contributed by atoms with Crippen molar-refractivity contribution in [1.82, 2.24) is 14.8 Å². The first kappa shape index (κ1) is 12.1. The second kappa shape index (κ2) is 3.79. The number of aryl methyl sites for hydroxylation is 1. The van der Waals surface area contributed by atoms with Crippen molar-refractivity contribution in [2.24, 2.45) is 5.41 Å². The normalized spacial score (nSPS) is 29.1. The highest BCUT2D eigenvalue weighted by atomic mass is 32.2. The van der Waals surface area contributed by atoms with E-state index in [0.29, 0.717) is 12.2 Å². The third-order valence-corrected chi connectivity index (χ3v) is 5.83. The summed E-state index contributed by atoms with van der Waals surface area (Å²) in [6.45, 7) is 5.39. The number of rotatable bonds is 1. The minimum Gasteiger partial charge on any atom is -0.314 e. The van der Waals surface area contributed by atoms with Crippen LogP contribution in [0.5, 0.6) is 0 Å². The van der Waals surface area contributed by atoms with Crippen LogP contribution in [0.25, 0.3) is 0 Å². The molecule has 1 aromatic rings. The van der Waals surface area contributed by atoms with E-state index in [4.69, 9.17) is 0 Å². The Morgan fingerprint density at radius 3 is 2.78 bits per heavy atom. The summed E-state index contributed by atoms with van der Waals surface area (Å²) >= 11 is 0. The smallest absolute Gasteiger partial charge is 0.151 e. The third-order valence-electron chi connectivity index (χ3n) is 4.07. The van der Waals surface area contributed by atoms with Gasteiger partial charge in [0, 0.05) is 18.9 Å². The molecule has 0 radical (unpaired) electrons. The molecule has 0 amide bonds. The van der Waals surface area contributed by atoms with Crippen molar-refractivity contribution in [2.75, 3.05) is 11.5 Å². The van der Waals surface area contributed by atoms with E-state index in [1.54, 1.807) is 0 Å². The van der Waals surface area contributed by atoms with E-state index < -0.39 is 9.84 Å². The van der Waals surface area contributed by atoms with E-state index >= 15 is 0 Å². The molecule has 3 rings (SSSR count). The lowest BCUT2D eigenvalue weighted by atomic mass is 9.85. The number of nitrogens with zero attached hydrogens (tertiary/aromatic N) is 3. The van der Waals surface area contributed by atoms with E-state index in [9.17, 15) is 8.42 Å². The molecule has 0 spiro atoms. The summed E-state index contributed by atoms with van der Waals surface area (Å²) in [5, 5.41) is 8.49. The Kier molecular flexibility index (Phi) is 2.56. The monoisotopic (exact) mass is 269 g/mol. The summed E-state index contributed by atoms with van der Waals surface area (Å²) in [5.41, 5.74) is 0.252. The molecule has 100 valence electrons. The zero-order chi connectivity index (χ0) is 13.0. The fraction of sp³-hybridized carbons (Fsp3) is 0.833. The zero-order valence-corrected chi connectivity index (χ0v) is 11.7. The Labute approximate surface area is 108 Å². The van der Waals surface area contributed by atoms with E-state index in [-0.39, 0.29) is 17.1 Å². The fourth-order valence-corrected chi connectivity index (χ4v) is 4.70. The second-order valence-corrected chi connectivity index (χ2v) is 8.55. The van der Waals surface area contributed by atoms with Gasteiger partial charge in [-0.25, -0.2) is 8.42 Å². The lowest BCUT2D eigenvalue weighted by Gasteiger charge is -2.31. The largest absolute Gasteiger partial charge is 0.314 e. The summed E-state index contributed by atoms with van der Waals surface area (Å²) in [6, 6.07) is 0. The Morgan fingerprint density at radius 1 is 1.33 bits per heavy atom. The molecule has 0 N–H and O–H groups in total. The highest BCUT2D eigenvalue weighted by molar-refractivity contribution is 7.91. The van der Waals surface area contributed by atoms with Crippen molar-refractivity contribution in [2.45, 2.75) is 45.6 Å². The van der Waals surface area contributed by atoms with Crippen molar-refractivity contribution in [3.05, 3.63) is 11.6 Å². The molecular weight excluding hydrogens is 250 g/mol. The van der Waals surface area contributed by atoms with E-state index in [2.05, 4.69) is 28.6 Å². The Balaban J connectivity index is 1.94. The molecule has 1 saturated heterocycles. The molecule has 1 unspecified atom stereocenters. The molecule has 6 heteroatoms. The van der Waals surface area contributed by atoms with Crippen LogP contribution in [-0.2, 0) is 22.8 Å². The highest BCUT2D eigenvalue weighted by Crippen LogP contribution is 2.34. The average molecular weight is 269 g/mol. The number of hydrogen-bond acceptors (Lipinski definition) is 4. The molecule has 0 bridgehead atoms. The fourth-order valence-electron chi connectivity index (χ4n) is 2.96. The maximum absolute atomic E-state index is 11.6. The number of hydrogen-bond donors (Lipinski definition) is 0. The minimum absolute atomic E-state index is 0.0464. The maximum Gasteiger partial charge on any atom is 0.151 e. The van der Waals surface area contributed by atoms with Crippen LogP contribution >= 0.6 is 0 Å². The predicted molar refractivity (Wildman–Crippen MR) is 68.1 cm³/mol. The lowest BCUT2D eigenvalue weighted by Crippen LogP contribution is -2.29. The molecular formula is C12H19N3O2S. The molecule has 2 aliphatic heterocycles. The number of aromatic nitrogens is 3. The average Bonchev–Trinajstić information content (AvgIpc) is 2.79. The van der Waals surface area contributed by atoms with Crippen LogP contribution < -0.4 is 0 Å². The van der Waals surface area contributed by atoms with Gasteiger partial charge in [-0.3, -0.25) is 0 Å². The number of fused-ring (bicyclic) bond motifs is 1. The van der Waals surface area contributed by atoms with Crippen LogP contribution in [-0.4, -0.2) is 34.7 Å². The van der Waals surface area contributed by atoms with Crippen LogP contribution in [0.15, 0.2) is 0 Å². The van der Waals surface area contributed by atoms with Gasteiger partial charge in [0.15, 0.2) is 9.84 Å². The number of sulfone groups is 1. The van der Waals surface area contributed by atoms with E-state index in [1.807, 2.05) is 0 Å². The summed E-state index contributed by atoms with van der Waals surface area (Å²) in [4.78, 5) is 0. The Bertz CT molecular complexity index is 574. The summed E-state index contributed by atoms with van der Waals surface area (Å²) in [7, 11) is -2.86. The summed E-state index contributed by atoms with van der Waals surface area (Å²) in [5.74, 6) is 2.49. The van der Waals surface area contributed by atoms with Crippen LogP contribution in [0.3, 0.4) is 0 Å². The molecule has 1 fully saturated rings. The van der Waals surface area contributed by atoms with Gasteiger partial charge in [0.2, 0.25) is 0 Å². The van der Waals surface area contributed by atoms with Gasteiger partial charge in [-0.2, -0.15) is 0 Å². The Morgan fingerprint density at radius 2 is 2.11 bits per heavy atom. The van der Waals surface area contributed by atoms with Crippen LogP contribution in [0, 0.1) is 5.41 Å². The molecule has 1 aromatic heterocycles. The van der Waals surface area contributed by atoms with Gasteiger partial charge in [-0.1, -0.05) is 13.8 Å². The summed E-state index contributed by atoms with van der Waals surface area (Å²) in [6.07, 6.45) is 2.76.